The summed E-state index contributed by atoms with van der Waals surface area (Å²) in [6.07, 6.45) is 0. The van der Waals surface area contributed by atoms with Crippen molar-refractivity contribution in [2.75, 3.05) is 19.0 Å². The van der Waals surface area contributed by atoms with Gasteiger partial charge in [0.15, 0.2) is 0 Å². The minimum absolute atomic E-state index is 0.0813. The summed E-state index contributed by atoms with van der Waals surface area (Å²) in [7, 11) is 1.61. The van der Waals surface area contributed by atoms with Gasteiger partial charge in [-0.25, -0.2) is 0 Å². The molecule has 0 bridgehead atoms. The van der Waals surface area contributed by atoms with E-state index in [-0.39, 0.29) is 11.8 Å². The van der Waals surface area contributed by atoms with Gasteiger partial charge in [0, 0.05) is 12.5 Å². The molecule has 0 saturated heterocycles. The minimum Gasteiger partial charge on any atom is -0.494 e. The maximum Gasteiger partial charge on any atom is 0.228 e. The van der Waals surface area contributed by atoms with Crippen LogP contribution >= 0.6 is 0 Å². The smallest absolute Gasteiger partial charge is 0.228 e. The highest BCUT2D eigenvalue weighted by molar-refractivity contribution is 5.95. The molecule has 4 nitrogen and oxygen atoms in total. The van der Waals surface area contributed by atoms with E-state index in [1.807, 2.05) is 26.8 Å². The van der Waals surface area contributed by atoms with Crippen LogP contribution in [0.5, 0.6) is 5.75 Å². The Morgan fingerprint density at radius 2 is 2.00 bits per heavy atom. The molecule has 0 aromatic heterocycles. The Kier molecular flexibility index (Phi) is 4.73. The normalized spacial score (nSPS) is 12.1. The van der Waals surface area contributed by atoms with Crippen LogP contribution in [0.1, 0.15) is 23.6 Å². The number of hydrogen-bond donors (Lipinski definition) is 2. The Labute approximate surface area is 109 Å². The number of rotatable bonds is 4. The lowest BCUT2D eigenvalue weighted by atomic mass is 10.0. The van der Waals surface area contributed by atoms with Crippen molar-refractivity contribution < 1.29 is 9.53 Å². The molecule has 1 atom stereocenters. The molecule has 1 rings (SSSR count). The zero-order valence-corrected chi connectivity index (χ0v) is 11.8. The molecule has 0 fully saturated rings. The van der Waals surface area contributed by atoms with Gasteiger partial charge in [-0.3, -0.25) is 4.79 Å². The monoisotopic (exact) mass is 250 g/mol. The summed E-state index contributed by atoms with van der Waals surface area (Å²) in [4.78, 5) is 11.9. The van der Waals surface area contributed by atoms with E-state index in [1.54, 1.807) is 14.0 Å². The van der Waals surface area contributed by atoms with E-state index in [0.717, 1.165) is 28.1 Å². The molecule has 4 heteroatoms. The van der Waals surface area contributed by atoms with Crippen LogP contribution in [-0.4, -0.2) is 19.6 Å². The van der Waals surface area contributed by atoms with E-state index < -0.39 is 0 Å². The van der Waals surface area contributed by atoms with Crippen LogP contribution < -0.4 is 15.8 Å². The molecule has 0 aliphatic rings. The third kappa shape index (κ3) is 2.82. The van der Waals surface area contributed by atoms with Crippen molar-refractivity contribution >= 4 is 11.6 Å². The first-order valence-electron chi connectivity index (χ1n) is 6.08. The molecule has 0 heterocycles. The second-order valence-electron chi connectivity index (χ2n) is 4.67. The number of carbonyl (C=O) groups excluding carboxylic acids is 1. The number of carbonyl (C=O) groups is 1. The molecule has 0 spiro atoms. The van der Waals surface area contributed by atoms with Crippen LogP contribution in [0.25, 0.3) is 0 Å². The van der Waals surface area contributed by atoms with E-state index in [4.69, 9.17) is 10.5 Å². The van der Waals surface area contributed by atoms with Crippen LogP contribution in [-0.2, 0) is 4.79 Å². The predicted molar refractivity (Wildman–Crippen MR) is 74.1 cm³/mol. The van der Waals surface area contributed by atoms with Crippen molar-refractivity contribution in [3.63, 3.8) is 0 Å². The Hall–Kier alpha value is -1.55. The zero-order valence-electron chi connectivity index (χ0n) is 11.8. The predicted octanol–water partition coefficient (Wildman–Crippen LogP) is 2.15. The quantitative estimate of drug-likeness (QED) is 0.860. The van der Waals surface area contributed by atoms with Crippen LogP contribution in [0.2, 0.25) is 0 Å². The van der Waals surface area contributed by atoms with Crippen LogP contribution in [0.3, 0.4) is 0 Å². The third-order valence-electron chi connectivity index (χ3n) is 3.24. The number of ether oxygens (including phenoxy) is 1. The fourth-order valence-corrected chi connectivity index (χ4v) is 1.81. The van der Waals surface area contributed by atoms with Crippen LogP contribution in [0.4, 0.5) is 5.69 Å². The third-order valence-corrected chi connectivity index (χ3v) is 3.24. The number of anilines is 1. The van der Waals surface area contributed by atoms with Crippen LogP contribution in [0, 0.1) is 26.7 Å². The Morgan fingerprint density at radius 1 is 1.39 bits per heavy atom. The first-order chi connectivity index (χ1) is 8.42. The topological polar surface area (TPSA) is 64.3 Å². The molecular formula is C14H22N2O2. The molecule has 0 radical (unpaired) electrons. The van der Waals surface area contributed by atoms with Crippen molar-refractivity contribution in [3.05, 3.63) is 22.8 Å². The largest absolute Gasteiger partial charge is 0.494 e. The van der Waals surface area contributed by atoms with Gasteiger partial charge in [-0.15, -0.1) is 0 Å². The maximum atomic E-state index is 11.9. The summed E-state index contributed by atoms with van der Waals surface area (Å²) >= 11 is 0. The SMILES string of the molecule is COc1c(C)c(C)cc(C)c1NC(=O)C(C)CN. The Balaban J connectivity index is 3.16. The minimum atomic E-state index is -0.212. The molecule has 18 heavy (non-hydrogen) atoms. The summed E-state index contributed by atoms with van der Waals surface area (Å²) in [5.74, 6) is 0.433. The average molecular weight is 250 g/mol. The lowest BCUT2D eigenvalue weighted by molar-refractivity contribution is -0.119. The standard InChI is InChI=1S/C14H22N2O2/c1-8-6-9(2)12(13(18-5)11(8)4)16-14(17)10(3)7-15/h6,10H,7,15H2,1-5H3,(H,16,17). The lowest BCUT2D eigenvalue weighted by Crippen LogP contribution is -2.27. The van der Waals surface area contributed by atoms with Gasteiger partial charge < -0.3 is 15.8 Å². The Morgan fingerprint density at radius 3 is 2.50 bits per heavy atom. The van der Waals surface area contributed by atoms with Crippen molar-refractivity contribution in [2.45, 2.75) is 27.7 Å². The molecule has 0 aliphatic heterocycles. The molecule has 1 amide bonds. The van der Waals surface area contributed by atoms with Gasteiger partial charge in [-0.2, -0.15) is 0 Å². The van der Waals surface area contributed by atoms with Gasteiger partial charge in [0.25, 0.3) is 0 Å². The first kappa shape index (κ1) is 14.5. The molecule has 1 unspecified atom stereocenters. The molecule has 3 N–H and O–H groups in total. The van der Waals surface area contributed by atoms with Crippen molar-refractivity contribution in [1.29, 1.82) is 0 Å². The van der Waals surface area contributed by atoms with Crippen molar-refractivity contribution in [3.8, 4) is 5.75 Å². The molecule has 1 aromatic rings. The highest BCUT2D eigenvalue weighted by Gasteiger charge is 2.17. The van der Waals surface area contributed by atoms with Gasteiger partial charge in [0.1, 0.15) is 5.75 Å². The average Bonchev–Trinajstić information content (AvgIpc) is 2.35. The summed E-state index contributed by atoms with van der Waals surface area (Å²) in [6.45, 7) is 8.10. The van der Waals surface area contributed by atoms with Crippen LogP contribution in [0.15, 0.2) is 6.07 Å². The number of methoxy groups -OCH3 is 1. The number of benzene rings is 1. The highest BCUT2D eigenvalue weighted by atomic mass is 16.5. The van der Waals surface area contributed by atoms with Crippen molar-refractivity contribution in [2.24, 2.45) is 11.7 Å². The fraction of sp³-hybridized carbons (Fsp3) is 0.500. The molecule has 1 aromatic carbocycles. The second-order valence-corrected chi connectivity index (χ2v) is 4.67. The van der Waals surface area contributed by atoms with Gasteiger partial charge >= 0.3 is 0 Å². The van der Waals surface area contributed by atoms with Crippen molar-refractivity contribution in [1.82, 2.24) is 0 Å². The molecular weight excluding hydrogens is 228 g/mol. The van der Waals surface area contributed by atoms with Gasteiger partial charge in [-0.1, -0.05) is 13.0 Å². The molecule has 100 valence electrons. The first-order valence-corrected chi connectivity index (χ1v) is 6.08. The Bertz CT molecular complexity index is 456. The summed E-state index contributed by atoms with van der Waals surface area (Å²) in [6, 6.07) is 2.04. The second kappa shape index (κ2) is 5.87. The van der Waals surface area contributed by atoms with Gasteiger partial charge in [0.2, 0.25) is 5.91 Å². The summed E-state index contributed by atoms with van der Waals surface area (Å²) in [5.41, 5.74) is 9.42. The van der Waals surface area contributed by atoms with E-state index in [0.29, 0.717) is 6.54 Å². The number of nitrogens with one attached hydrogen (secondary N) is 1. The van der Waals surface area contributed by atoms with E-state index >= 15 is 0 Å². The molecule has 0 aliphatic carbocycles. The molecule has 0 saturated carbocycles. The number of nitrogens with two attached hydrogens (primary N) is 1. The van der Waals surface area contributed by atoms with E-state index in [1.165, 1.54) is 0 Å². The number of amides is 1. The highest BCUT2D eigenvalue weighted by Crippen LogP contribution is 2.34. The van der Waals surface area contributed by atoms with Gasteiger partial charge in [-0.05, 0) is 37.5 Å². The maximum absolute atomic E-state index is 11.9. The number of aryl methyl sites for hydroxylation is 2. The van der Waals surface area contributed by atoms with E-state index in [2.05, 4.69) is 5.32 Å². The summed E-state index contributed by atoms with van der Waals surface area (Å²) < 4.78 is 5.41. The van der Waals surface area contributed by atoms with E-state index in [9.17, 15) is 4.79 Å². The van der Waals surface area contributed by atoms with Gasteiger partial charge in [0.05, 0.1) is 12.8 Å². The lowest BCUT2D eigenvalue weighted by Gasteiger charge is -2.18. The summed E-state index contributed by atoms with van der Waals surface area (Å²) in [5, 5.41) is 2.90. The number of hydrogen-bond acceptors (Lipinski definition) is 3. The zero-order chi connectivity index (χ0) is 13.9. The fourth-order valence-electron chi connectivity index (χ4n) is 1.81.